The van der Waals surface area contributed by atoms with Crippen LogP contribution in [0.15, 0.2) is 30.6 Å². The van der Waals surface area contributed by atoms with Gasteiger partial charge in [-0.3, -0.25) is 9.59 Å². The summed E-state index contributed by atoms with van der Waals surface area (Å²) in [7, 11) is 0. The third kappa shape index (κ3) is 3.61. The predicted octanol–water partition coefficient (Wildman–Crippen LogP) is 1.98. The van der Waals surface area contributed by atoms with E-state index in [1.807, 2.05) is 0 Å². The van der Waals surface area contributed by atoms with Gasteiger partial charge in [0.05, 0.1) is 29.9 Å². The fourth-order valence-electron chi connectivity index (χ4n) is 3.24. The Labute approximate surface area is 175 Å². The number of aromatic nitrogens is 3. The monoisotopic (exact) mass is 433 g/mol. The highest BCUT2D eigenvalue weighted by Crippen LogP contribution is 2.36. The van der Waals surface area contributed by atoms with E-state index in [9.17, 15) is 14.0 Å². The van der Waals surface area contributed by atoms with E-state index in [4.69, 9.17) is 26.8 Å². The average molecular weight is 434 g/mol. The van der Waals surface area contributed by atoms with Crippen LogP contribution >= 0.6 is 11.6 Å². The molecule has 3 heterocycles. The highest BCUT2D eigenvalue weighted by Gasteiger charge is 2.26. The summed E-state index contributed by atoms with van der Waals surface area (Å²) in [6.07, 6.45) is 2.22. The van der Waals surface area contributed by atoms with E-state index in [2.05, 4.69) is 10.1 Å². The number of nitrogens with two attached hydrogens (primary N) is 1. The highest BCUT2D eigenvalue weighted by atomic mass is 35.5. The third-order valence-electron chi connectivity index (χ3n) is 4.62. The normalized spacial score (nSPS) is 16.8. The minimum atomic E-state index is -0.706. The zero-order chi connectivity index (χ0) is 21.4. The first kappa shape index (κ1) is 19.9. The summed E-state index contributed by atoms with van der Waals surface area (Å²) in [5.41, 5.74) is 6.03. The van der Waals surface area contributed by atoms with Gasteiger partial charge in [-0.15, -0.1) is 0 Å². The largest absolute Gasteiger partial charge is 0.491 e. The van der Waals surface area contributed by atoms with Crippen molar-refractivity contribution in [2.24, 2.45) is 5.73 Å². The Hall–Kier alpha value is -3.40. The second-order valence-electron chi connectivity index (χ2n) is 6.67. The van der Waals surface area contributed by atoms with Gasteiger partial charge in [-0.05, 0) is 19.1 Å². The van der Waals surface area contributed by atoms with Crippen molar-refractivity contribution in [3.8, 4) is 11.6 Å². The summed E-state index contributed by atoms with van der Waals surface area (Å²) in [6, 6.07) is 4.17. The second kappa shape index (κ2) is 7.79. The molecule has 4 rings (SSSR count). The maximum Gasteiger partial charge on any atom is 0.259 e. The van der Waals surface area contributed by atoms with Crippen molar-refractivity contribution in [2.75, 3.05) is 19.7 Å². The van der Waals surface area contributed by atoms with Gasteiger partial charge in [0.2, 0.25) is 11.8 Å². The molecule has 0 radical (unpaired) electrons. The molecule has 0 aliphatic carbocycles. The average Bonchev–Trinajstić information content (AvgIpc) is 3.11. The van der Waals surface area contributed by atoms with Gasteiger partial charge in [0.25, 0.3) is 5.91 Å². The molecule has 1 aliphatic heterocycles. The molecule has 30 heavy (non-hydrogen) atoms. The molecule has 2 amide bonds. The number of primary amides is 1. The Bertz CT molecular complexity index is 1150. The van der Waals surface area contributed by atoms with Crippen molar-refractivity contribution in [2.45, 2.75) is 13.0 Å². The molecule has 1 aliphatic rings. The van der Waals surface area contributed by atoms with E-state index in [1.54, 1.807) is 19.2 Å². The van der Waals surface area contributed by atoms with Crippen LogP contribution in [0, 0.1) is 5.82 Å². The van der Waals surface area contributed by atoms with Crippen molar-refractivity contribution in [3.05, 3.63) is 52.6 Å². The van der Waals surface area contributed by atoms with E-state index in [0.29, 0.717) is 11.3 Å². The van der Waals surface area contributed by atoms with Crippen LogP contribution in [0.25, 0.3) is 5.65 Å². The van der Waals surface area contributed by atoms with Gasteiger partial charge in [0, 0.05) is 12.3 Å². The number of benzene rings is 1. The summed E-state index contributed by atoms with van der Waals surface area (Å²) >= 11 is 6.19. The number of carbonyl (C=O) groups excluding carboxylic acids is 2. The molecule has 11 heteroatoms. The molecule has 0 saturated carbocycles. The fourth-order valence-corrected chi connectivity index (χ4v) is 3.55. The number of carbonyl (C=O) groups is 2. The Morgan fingerprint density at radius 1 is 1.40 bits per heavy atom. The van der Waals surface area contributed by atoms with Crippen LogP contribution in [0.5, 0.6) is 11.6 Å². The number of ether oxygens (including phenoxy) is 2. The number of hydrogen-bond donors (Lipinski definition) is 1. The van der Waals surface area contributed by atoms with Gasteiger partial charge in [-0.2, -0.15) is 10.1 Å². The molecule has 0 spiro atoms. The molecule has 1 aromatic carbocycles. The van der Waals surface area contributed by atoms with Crippen molar-refractivity contribution >= 4 is 29.1 Å². The summed E-state index contributed by atoms with van der Waals surface area (Å²) < 4.78 is 27.1. The lowest BCUT2D eigenvalue weighted by atomic mass is 10.1. The molecular weight excluding hydrogens is 417 g/mol. The van der Waals surface area contributed by atoms with E-state index in [-0.39, 0.29) is 41.8 Å². The van der Waals surface area contributed by atoms with Crippen molar-refractivity contribution in [1.29, 1.82) is 0 Å². The Balaban J connectivity index is 1.84. The topological polar surface area (TPSA) is 112 Å². The molecule has 0 saturated heterocycles. The Morgan fingerprint density at radius 3 is 2.97 bits per heavy atom. The van der Waals surface area contributed by atoms with Gasteiger partial charge in [-0.1, -0.05) is 11.6 Å². The summed E-state index contributed by atoms with van der Waals surface area (Å²) in [5.74, 6) is -1.31. The molecule has 3 aromatic rings. The number of hydrogen-bond acceptors (Lipinski definition) is 6. The van der Waals surface area contributed by atoms with Crippen molar-refractivity contribution in [1.82, 2.24) is 19.5 Å². The molecule has 2 aromatic heterocycles. The fraction of sp³-hybridized carbons (Fsp3) is 0.263. The maximum absolute atomic E-state index is 14.1. The van der Waals surface area contributed by atoms with Crippen LogP contribution in [0.1, 0.15) is 28.9 Å². The van der Waals surface area contributed by atoms with Crippen molar-refractivity contribution < 1.29 is 23.5 Å². The number of fused-ring (bicyclic) bond motifs is 2. The van der Waals surface area contributed by atoms with E-state index in [1.165, 1.54) is 27.7 Å². The van der Waals surface area contributed by atoms with Gasteiger partial charge in [0.15, 0.2) is 5.65 Å². The smallest absolute Gasteiger partial charge is 0.259 e. The summed E-state index contributed by atoms with van der Waals surface area (Å²) in [4.78, 5) is 30.1. The first-order valence-electron chi connectivity index (χ1n) is 9.04. The summed E-state index contributed by atoms with van der Waals surface area (Å²) in [5, 5.41) is 3.98. The molecule has 0 fully saturated rings. The SMILES string of the molecule is C[C@H]1Oc2ccn3ncc(c3n2)C(=O)N(CC(N)=O)CCOc2ccc(F)c(Cl)c21. The number of halogens is 2. The number of amides is 2. The van der Waals surface area contributed by atoms with E-state index < -0.39 is 23.7 Å². The van der Waals surface area contributed by atoms with E-state index in [0.717, 1.165) is 0 Å². The maximum atomic E-state index is 14.1. The Kier molecular flexibility index (Phi) is 5.17. The van der Waals surface area contributed by atoms with Gasteiger partial charge >= 0.3 is 0 Å². The van der Waals surface area contributed by atoms with Crippen LogP contribution in [0.4, 0.5) is 4.39 Å². The van der Waals surface area contributed by atoms with Crippen LogP contribution in [0.3, 0.4) is 0 Å². The van der Waals surface area contributed by atoms with Crippen LogP contribution in [-0.4, -0.2) is 51.0 Å². The lowest BCUT2D eigenvalue weighted by Crippen LogP contribution is -2.40. The number of nitrogens with zero attached hydrogens (tertiary/aromatic N) is 4. The lowest BCUT2D eigenvalue weighted by molar-refractivity contribution is -0.118. The molecule has 0 unspecified atom stereocenters. The van der Waals surface area contributed by atoms with Crippen LogP contribution in [-0.2, 0) is 4.79 Å². The third-order valence-corrected chi connectivity index (χ3v) is 5.01. The molecule has 2 N–H and O–H groups in total. The van der Waals surface area contributed by atoms with Crippen molar-refractivity contribution in [3.63, 3.8) is 0 Å². The van der Waals surface area contributed by atoms with Crippen LogP contribution in [0.2, 0.25) is 5.02 Å². The lowest BCUT2D eigenvalue weighted by Gasteiger charge is -2.22. The minimum Gasteiger partial charge on any atom is -0.491 e. The molecular formula is C19H17ClFN5O4. The highest BCUT2D eigenvalue weighted by molar-refractivity contribution is 6.31. The zero-order valence-corrected chi connectivity index (χ0v) is 16.6. The standard InChI is InChI=1S/C19H17ClFN5O4/c1-10-16-13(3-2-12(21)17(16)20)29-7-6-25(9-14(22)27)19(28)11-8-23-26-5-4-15(30-10)24-18(11)26/h2-5,8,10H,6-7,9H2,1H3,(H2,22,27)/t10-/m1/s1. The van der Waals surface area contributed by atoms with Gasteiger partial charge in [0.1, 0.15) is 29.8 Å². The number of rotatable bonds is 2. The predicted molar refractivity (Wildman–Crippen MR) is 104 cm³/mol. The van der Waals surface area contributed by atoms with Crippen LogP contribution < -0.4 is 15.2 Å². The molecule has 2 bridgehead atoms. The zero-order valence-electron chi connectivity index (χ0n) is 15.8. The summed E-state index contributed by atoms with van der Waals surface area (Å²) in [6.45, 7) is 1.42. The Morgan fingerprint density at radius 2 is 2.20 bits per heavy atom. The van der Waals surface area contributed by atoms with Gasteiger partial charge in [-0.25, -0.2) is 8.91 Å². The molecule has 156 valence electrons. The van der Waals surface area contributed by atoms with Gasteiger partial charge < -0.3 is 20.1 Å². The first-order chi connectivity index (χ1) is 14.3. The van der Waals surface area contributed by atoms with E-state index >= 15 is 0 Å². The second-order valence-corrected chi connectivity index (χ2v) is 7.04. The first-order valence-corrected chi connectivity index (χ1v) is 9.42. The quantitative estimate of drug-likeness (QED) is 0.661. The molecule has 1 atom stereocenters. The molecule has 9 nitrogen and oxygen atoms in total. The minimum absolute atomic E-state index is 0.0101.